The second kappa shape index (κ2) is 7.14. The molecule has 4 heteroatoms. The van der Waals surface area contributed by atoms with E-state index in [4.69, 9.17) is 0 Å². The van der Waals surface area contributed by atoms with Crippen LogP contribution in [0.2, 0.25) is 0 Å². The van der Waals surface area contributed by atoms with Gasteiger partial charge in [0.05, 0.1) is 12.6 Å². The lowest BCUT2D eigenvalue weighted by Gasteiger charge is -2.25. The number of hydrogen-bond acceptors (Lipinski definition) is 2. The van der Waals surface area contributed by atoms with Crippen LogP contribution in [0, 0.1) is 6.92 Å². The smallest absolute Gasteiger partial charge is 0.317 e. The van der Waals surface area contributed by atoms with Crippen molar-refractivity contribution >= 4 is 6.03 Å². The fourth-order valence-electron chi connectivity index (χ4n) is 1.80. The first-order valence-electron chi connectivity index (χ1n) is 6.74. The molecule has 2 amide bonds. The molecule has 1 aromatic rings. The van der Waals surface area contributed by atoms with E-state index < -0.39 is 6.10 Å². The molecular weight excluding hydrogens is 240 g/mol. The number of rotatable bonds is 5. The van der Waals surface area contributed by atoms with Gasteiger partial charge in [-0.05, 0) is 33.3 Å². The van der Waals surface area contributed by atoms with Crippen LogP contribution in [-0.4, -0.2) is 35.2 Å². The van der Waals surface area contributed by atoms with Crippen LogP contribution in [0.5, 0.6) is 0 Å². The highest BCUT2D eigenvalue weighted by Crippen LogP contribution is 2.15. The van der Waals surface area contributed by atoms with Gasteiger partial charge >= 0.3 is 6.03 Å². The number of carbonyl (C=O) groups is 1. The summed E-state index contributed by atoms with van der Waals surface area (Å²) in [6.45, 7) is 8.62. The van der Waals surface area contributed by atoms with Crippen LogP contribution < -0.4 is 5.32 Å². The first-order chi connectivity index (χ1) is 8.93. The zero-order chi connectivity index (χ0) is 14.4. The van der Waals surface area contributed by atoms with E-state index in [1.807, 2.05) is 52.0 Å². The third kappa shape index (κ3) is 4.91. The summed E-state index contributed by atoms with van der Waals surface area (Å²) in [6.07, 6.45) is -0.654. The van der Waals surface area contributed by atoms with Crippen molar-refractivity contribution < 1.29 is 9.90 Å². The second-order valence-electron chi connectivity index (χ2n) is 5.07. The van der Waals surface area contributed by atoms with Gasteiger partial charge in [0, 0.05) is 12.6 Å². The molecule has 0 heterocycles. The summed E-state index contributed by atoms with van der Waals surface area (Å²) in [5.74, 6) is 0. The average molecular weight is 264 g/mol. The Labute approximate surface area is 115 Å². The molecule has 0 spiro atoms. The molecule has 0 radical (unpaired) electrons. The van der Waals surface area contributed by atoms with E-state index in [0.29, 0.717) is 13.1 Å². The molecule has 0 fully saturated rings. The van der Waals surface area contributed by atoms with E-state index in [2.05, 4.69) is 5.32 Å². The summed E-state index contributed by atoms with van der Waals surface area (Å²) in [7, 11) is 0. The molecule has 0 aliphatic rings. The SMILES string of the molecule is CCN(C[C@H](O)c1ccc(C)cc1)C(=O)NC(C)C. The molecular formula is C15H24N2O2. The minimum Gasteiger partial charge on any atom is -0.387 e. The van der Waals surface area contributed by atoms with Crippen molar-refractivity contribution in [3.63, 3.8) is 0 Å². The number of urea groups is 1. The van der Waals surface area contributed by atoms with E-state index in [9.17, 15) is 9.90 Å². The third-order valence-corrected chi connectivity index (χ3v) is 2.94. The lowest BCUT2D eigenvalue weighted by atomic mass is 10.1. The molecule has 0 bridgehead atoms. The molecule has 19 heavy (non-hydrogen) atoms. The Bertz CT molecular complexity index is 401. The van der Waals surface area contributed by atoms with Crippen LogP contribution >= 0.6 is 0 Å². The highest BCUT2D eigenvalue weighted by atomic mass is 16.3. The lowest BCUT2D eigenvalue weighted by molar-refractivity contribution is 0.122. The van der Waals surface area contributed by atoms with Crippen LogP contribution in [0.15, 0.2) is 24.3 Å². The first kappa shape index (κ1) is 15.5. The van der Waals surface area contributed by atoms with Gasteiger partial charge in [-0.25, -0.2) is 4.79 Å². The Morgan fingerprint density at radius 3 is 2.37 bits per heavy atom. The van der Waals surface area contributed by atoms with Crippen molar-refractivity contribution in [1.29, 1.82) is 0 Å². The zero-order valence-corrected chi connectivity index (χ0v) is 12.2. The van der Waals surface area contributed by atoms with Crippen molar-refractivity contribution in [2.45, 2.75) is 39.8 Å². The van der Waals surface area contributed by atoms with Gasteiger partial charge in [-0.1, -0.05) is 29.8 Å². The highest BCUT2D eigenvalue weighted by molar-refractivity contribution is 5.74. The number of amides is 2. The minimum absolute atomic E-state index is 0.0954. The molecule has 0 aromatic heterocycles. The quantitative estimate of drug-likeness (QED) is 0.858. The van der Waals surface area contributed by atoms with Crippen molar-refractivity contribution in [2.24, 2.45) is 0 Å². The number of nitrogens with zero attached hydrogens (tertiary/aromatic N) is 1. The topological polar surface area (TPSA) is 52.6 Å². The van der Waals surface area contributed by atoms with Crippen LogP contribution in [0.3, 0.4) is 0 Å². The number of nitrogens with one attached hydrogen (secondary N) is 1. The summed E-state index contributed by atoms with van der Waals surface area (Å²) >= 11 is 0. The molecule has 0 unspecified atom stereocenters. The third-order valence-electron chi connectivity index (χ3n) is 2.94. The molecule has 2 N–H and O–H groups in total. The van der Waals surface area contributed by atoms with Crippen LogP contribution in [0.1, 0.15) is 38.0 Å². The van der Waals surface area contributed by atoms with Gasteiger partial charge in [0.1, 0.15) is 0 Å². The summed E-state index contributed by atoms with van der Waals surface area (Å²) in [4.78, 5) is 13.5. The highest BCUT2D eigenvalue weighted by Gasteiger charge is 2.17. The predicted octanol–water partition coefficient (Wildman–Crippen LogP) is 2.47. The van der Waals surface area contributed by atoms with Gasteiger partial charge in [0.25, 0.3) is 0 Å². The van der Waals surface area contributed by atoms with Crippen molar-refractivity contribution in [2.75, 3.05) is 13.1 Å². The molecule has 0 saturated heterocycles. The first-order valence-corrected chi connectivity index (χ1v) is 6.74. The van der Waals surface area contributed by atoms with Crippen molar-refractivity contribution in [1.82, 2.24) is 10.2 Å². The second-order valence-corrected chi connectivity index (χ2v) is 5.07. The monoisotopic (exact) mass is 264 g/mol. The lowest BCUT2D eigenvalue weighted by Crippen LogP contribution is -2.44. The van der Waals surface area contributed by atoms with E-state index in [1.165, 1.54) is 0 Å². The van der Waals surface area contributed by atoms with Gasteiger partial charge in [-0.3, -0.25) is 0 Å². The number of carbonyl (C=O) groups excluding carboxylic acids is 1. The number of aryl methyl sites for hydroxylation is 1. The molecule has 0 aliphatic heterocycles. The van der Waals surface area contributed by atoms with Crippen molar-refractivity contribution in [3.8, 4) is 0 Å². The Balaban J connectivity index is 2.64. The van der Waals surface area contributed by atoms with Gasteiger partial charge in [-0.15, -0.1) is 0 Å². The van der Waals surface area contributed by atoms with E-state index in [0.717, 1.165) is 11.1 Å². The molecule has 1 atom stereocenters. The summed E-state index contributed by atoms with van der Waals surface area (Å²) in [5.41, 5.74) is 1.99. The number of benzene rings is 1. The molecule has 1 aromatic carbocycles. The van der Waals surface area contributed by atoms with Crippen LogP contribution in [-0.2, 0) is 0 Å². The number of aliphatic hydroxyl groups is 1. The Hall–Kier alpha value is -1.55. The minimum atomic E-state index is -0.654. The van der Waals surface area contributed by atoms with Gasteiger partial charge in [0.15, 0.2) is 0 Å². The molecule has 106 valence electrons. The largest absolute Gasteiger partial charge is 0.387 e. The number of likely N-dealkylation sites (N-methyl/N-ethyl adjacent to an activating group) is 1. The Morgan fingerprint density at radius 1 is 1.32 bits per heavy atom. The Kier molecular flexibility index (Phi) is 5.83. The molecule has 0 saturated carbocycles. The standard InChI is InChI=1S/C15H24N2O2/c1-5-17(15(19)16-11(2)3)10-14(18)13-8-6-12(4)7-9-13/h6-9,11,14,18H,5,10H2,1-4H3,(H,16,19)/t14-/m0/s1. The normalized spacial score (nSPS) is 12.3. The fourth-order valence-corrected chi connectivity index (χ4v) is 1.80. The fraction of sp³-hybridized carbons (Fsp3) is 0.533. The maximum Gasteiger partial charge on any atom is 0.317 e. The molecule has 4 nitrogen and oxygen atoms in total. The maximum atomic E-state index is 11.9. The zero-order valence-electron chi connectivity index (χ0n) is 12.2. The van der Waals surface area contributed by atoms with E-state index in [-0.39, 0.29) is 12.1 Å². The van der Waals surface area contributed by atoms with Crippen LogP contribution in [0.25, 0.3) is 0 Å². The Morgan fingerprint density at radius 2 is 1.89 bits per heavy atom. The van der Waals surface area contributed by atoms with E-state index in [1.54, 1.807) is 4.90 Å². The van der Waals surface area contributed by atoms with Gasteiger partial charge in [0.2, 0.25) is 0 Å². The summed E-state index contributed by atoms with van der Waals surface area (Å²) in [5, 5.41) is 13.0. The summed E-state index contributed by atoms with van der Waals surface area (Å²) in [6, 6.07) is 7.68. The van der Waals surface area contributed by atoms with Crippen LogP contribution in [0.4, 0.5) is 4.79 Å². The number of hydrogen-bond donors (Lipinski definition) is 2. The van der Waals surface area contributed by atoms with Gasteiger partial charge < -0.3 is 15.3 Å². The molecule has 1 rings (SSSR count). The van der Waals surface area contributed by atoms with Crippen molar-refractivity contribution in [3.05, 3.63) is 35.4 Å². The maximum absolute atomic E-state index is 11.9. The summed E-state index contributed by atoms with van der Waals surface area (Å²) < 4.78 is 0. The average Bonchev–Trinajstić information content (AvgIpc) is 2.35. The predicted molar refractivity (Wildman–Crippen MR) is 77.1 cm³/mol. The van der Waals surface area contributed by atoms with E-state index >= 15 is 0 Å². The molecule has 0 aliphatic carbocycles. The number of aliphatic hydroxyl groups excluding tert-OH is 1. The van der Waals surface area contributed by atoms with Gasteiger partial charge in [-0.2, -0.15) is 0 Å².